The minimum absolute atomic E-state index is 0.270. The number of aliphatic hydroxyl groups excluding tert-OH is 3. The van der Waals surface area contributed by atoms with Crippen LogP contribution >= 0.6 is 0 Å². The average Bonchev–Trinajstić information content (AvgIpc) is 2.23. The molecule has 88 valence electrons. The van der Waals surface area contributed by atoms with Crippen LogP contribution in [0.5, 0.6) is 0 Å². The molecule has 0 aliphatic carbocycles. The molecule has 0 radical (unpaired) electrons. The van der Waals surface area contributed by atoms with E-state index in [2.05, 4.69) is 5.32 Å². The number of allylic oxidation sites excluding steroid dienone is 1. The molecule has 0 saturated heterocycles. The number of Topliss-reactive ketones (excluding diaryl/α,β-unsaturated/α-hetero) is 1. The Morgan fingerprint density at radius 2 is 2.20 bits per heavy atom. The van der Waals surface area contributed by atoms with E-state index in [0.29, 0.717) is 6.54 Å². The van der Waals surface area contributed by atoms with Gasteiger partial charge in [0.25, 0.3) is 0 Å². The number of rotatable bonds is 8. The van der Waals surface area contributed by atoms with Gasteiger partial charge < -0.3 is 20.6 Å². The quantitative estimate of drug-likeness (QED) is 0.263. The van der Waals surface area contributed by atoms with Crippen LogP contribution < -0.4 is 5.32 Å². The third-order valence-electron chi connectivity index (χ3n) is 1.83. The largest absolute Gasteiger partial charge is 0.503 e. The summed E-state index contributed by atoms with van der Waals surface area (Å²) in [7, 11) is 0. The molecular weight excluding hydrogens is 198 g/mol. The van der Waals surface area contributed by atoms with Crippen molar-refractivity contribution >= 4 is 5.78 Å². The van der Waals surface area contributed by atoms with Crippen LogP contribution in [0.1, 0.15) is 26.2 Å². The minimum atomic E-state index is -1.11. The number of hydrogen-bond donors (Lipinski definition) is 4. The van der Waals surface area contributed by atoms with E-state index in [-0.39, 0.29) is 6.42 Å². The number of carbonyl (C=O) groups excluding carboxylic acids is 1. The summed E-state index contributed by atoms with van der Waals surface area (Å²) in [5.74, 6) is -1.00. The van der Waals surface area contributed by atoms with Crippen LogP contribution in [0.3, 0.4) is 0 Å². The van der Waals surface area contributed by atoms with Crippen molar-refractivity contribution in [2.75, 3.05) is 13.2 Å². The lowest BCUT2D eigenvalue weighted by molar-refractivity contribution is -0.120. The molecule has 0 aliphatic rings. The maximum Gasteiger partial charge on any atom is 0.201 e. The summed E-state index contributed by atoms with van der Waals surface area (Å²) in [6.45, 7) is 2.24. The summed E-state index contributed by atoms with van der Waals surface area (Å²) in [5.41, 5.74) is 0. The molecule has 0 bridgehead atoms. The van der Waals surface area contributed by atoms with E-state index in [1.54, 1.807) is 0 Å². The molecule has 1 unspecified atom stereocenters. The standard InChI is InChI=1S/C10H19NO4/c1-2-3-4-11-6-10(15)9(14)5-8(13)7-12/h6,8,11-13,15H,2-5,7H2,1H3/b10-6-. The van der Waals surface area contributed by atoms with Gasteiger partial charge in [0.05, 0.1) is 12.7 Å². The van der Waals surface area contributed by atoms with Crippen molar-refractivity contribution in [3.8, 4) is 0 Å². The second-order valence-electron chi connectivity index (χ2n) is 3.30. The first-order valence-corrected chi connectivity index (χ1v) is 5.06. The molecule has 1 atom stereocenters. The molecule has 0 aliphatic heterocycles. The van der Waals surface area contributed by atoms with Crippen LogP contribution in [-0.4, -0.2) is 40.4 Å². The lowest BCUT2D eigenvalue weighted by atomic mass is 10.1. The van der Waals surface area contributed by atoms with Crippen molar-refractivity contribution in [2.45, 2.75) is 32.3 Å². The van der Waals surface area contributed by atoms with Crippen LogP contribution in [0.4, 0.5) is 0 Å². The average molecular weight is 217 g/mol. The Kier molecular flexibility index (Phi) is 7.67. The normalized spacial score (nSPS) is 13.7. The summed E-state index contributed by atoms with van der Waals surface area (Å²) in [5, 5.41) is 29.4. The van der Waals surface area contributed by atoms with Gasteiger partial charge in [-0.3, -0.25) is 4.79 Å². The predicted octanol–water partition coefficient (Wildman–Crippen LogP) is 0.0879. The first kappa shape index (κ1) is 13.9. The molecule has 0 rings (SSSR count). The summed E-state index contributed by atoms with van der Waals surface area (Å²) in [6.07, 6.45) is 1.83. The summed E-state index contributed by atoms with van der Waals surface area (Å²) < 4.78 is 0. The third-order valence-corrected chi connectivity index (χ3v) is 1.83. The first-order valence-electron chi connectivity index (χ1n) is 5.06. The SMILES string of the molecule is CCCCN/C=C(\O)C(=O)CC(O)CO. The Morgan fingerprint density at radius 3 is 2.73 bits per heavy atom. The van der Waals surface area contributed by atoms with E-state index in [4.69, 9.17) is 10.2 Å². The highest BCUT2D eigenvalue weighted by molar-refractivity contribution is 5.93. The molecule has 0 amide bonds. The van der Waals surface area contributed by atoms with E-state index in [0.717, 1.165) is 12.8 Å². The highest BCUT2D eigenvalue weighted by Crippen LogP contribution is 1.99. The number of ketones is 1. The van der Waals surface area contributed by atoms with E-state index >= 15 is 0 Å². The zero-order valence-electron chi connectivity index (χ0n) is 8.94. The van der Waals surface area contributed by atoms with Crippen LogP contribution in [0.15, 0.2) is 12.0 Å². The van der Waals surface area contributed by atoms with Gasteiger partial charge in [-0.15, -0.1) is 0 Å². The molecule has 0 aromatic carbocycles. The highest BCUT2D eigenvalue weighted by atomic mass is 16.3. The zero-order valence-corrected chi connectivity index (χ0v) is 8.94. The maximum atomic E-state index is 11.1. The molecule has 0 aromatic rings. The first-order chi connectivity index (χ1) is 7.11. The smallest absolute Gasteiger partial charge is 0.201 e. The van der Waals surface area contributed by atoms with Gasteiger partial charge in [0.2, 0.25) is 5.78 Å². The summed E-state index contributed by atoms with van der Waals surface area (Å²) in [4.78, 5) is 11.1. The van der Waals surface area contributed by atoms with Crippen molar-refractivity contribution in [3.63, 3.8) is 0 Å². The predicted molar refractivity (Wildman–Crippen MR) is 56.3 cm³/mol. The zero-order chi connectivity index (χ0) is 11.7. The summed E-state index contributed by atoms with van der Waals surface area (Å²) in [6, 6.07) is 0. The van der Waals surface area contributed by atoms with E-state index in [9.17, 15) is 9.90 Å². The van der Waals surface area contributed by atoms with Crippen molar-refractivity contribution < 1.29 is 20.1 Å². The monoisotopic (exact) mass is 217 g/mol. The summed E-state index contributed by atoms with van der Waals surface area (Å²) >= 11 is 0. The lowest BCUT2D eigenvalue weighted by Gasteiger charge is -2.05. The van der Waals surface area contributed by atoms with E-state index < -0.39 is 24.3 Å². The molecule has 5 heteroatoms. The molecule has 5 nitrogen and oxygen atoms in total. The Labute approximate surface area is 89.4 Å². The van der Waals surface area contributed by atoms with Gasteiger partial charge in [0.15, 0.2) is 5.76 Å². The topological polar surface area (TPSA) is 89.8 Å². The highest BCUT2D eigenvalue weighted by Gasteiger charge is 2.13. The lowest BCUT2D eigenvalue weighted by Crippen LogP contribution is -2.19. The Balaban J connectivity index is 3.86. The fraction of sp³-hybridized carbons (Fsp3) is 0.700. The van der Waals surface area contributed by atoms with Gasteiger partial charge in [0.1, 0.15) is 0 Å². The fourth-order valence-corrected chi connectivity index (χ4v) is 0.911. The second kappa shape index (κ2) is 8.26. The second-order valence-corrected chi connectivity index (χ2v) is 3.30. The van der Waals surface area contributed by atoms with E-state index in [1.807, 2.05) is 6.92 Å². The third kappa shape index (κ3) is 6.93. The number of hydrogen-bond acceptors (Lipinski definition) is 5. The van der Waals surface area contributed by atoms with Crippen molar-refractivity contribution in [1.82, 2.24) is 5.32 Å². The van der Waals surface area contributed by atoms with Crippen molar-refractivity contribution in [3.05, 3.63) is 12.0 Å². The minimum Gasteiger partial charge on any atom is -0.503 e. The Bertz CT molecular complexity index is 215. The van der Waals surface area contributed by atoms with Crippen LogP contribution in [0.2, 0.25) is 0 Å². The molecule has 0 heterocycles. The van der Waals surface area contributed by atoms with Crippen LogP contribution in [-0.2, 0) is 4.79 Å². The number of nitrogens with one attached hydrogen (secondary N) is 1. The molecule has 0 aromatic heterocycles. The van der Waals surface area contributed by atoms with Gasteiger partial charge in [-0.1, -0.05) is 13.3 Å². The van der Waals surface area contributed by atoms with Crippen LogP contribution in [0, 0.1) is 0 Å². The maximum absolute atomic E-state index is 11.1. The van der Waals surface area contributed by atoms with Crippen LogP contribution in [0.25, 0.3) is 0 Å². The Morgan fingerprint density at radius 1 is 1.53 bits per heavy atom. The van der Waals surface area contributed by atoms with Gasteiger partial charge in [-0.25, -0.2) is 0 Å². The molecule has 0 fully saturated rings. The number of unbranched alkanes of at least 4 members (excludes halogenated alkanes) is 1. The number of carbonyl (C=O) groups is 1. The molecular formula is C10H19NO4. The molecule has 15 heavy (non-hydrogen) atoms. The van der Waals surface area contributed by atoms with Crippen molar-refractivity contribution in [1.29, 1.82) is 0 Å². The van der Waals surface area contributed by atoms with Gasteiger partial charge >= 0.3 is 0 Å². The Hall–Kier alpha value is -1.07. The molecule has 4 N–H and O–H groups in total. The molecule has 0 saturated carbocycles. The van der Waals surface area contributed by atoms with E-state index in [1.165, 1.54) is 6.20 Å². The van der Waals surface area contributed by atoms with Gasteiger partial charge in [-0.2, -0.15) is 0 Å². The fourth-order valence-electron chi connectivity index (χ4n) is 0.911. The van der Waals surface area contributed by atoms with Crippen molar-refractivity contribution in [2.24, 2.45) is 0 Å². The van der Waals surface area contributed by atoms with Gasteiger partial charge in [-0.05, 0) is 6.42 Å². The number of aliphatic hydroxyl groups is 3. The molecule has 0 spiro atoms. The van der Waals surface area contributed by atoms with Gasteiger partial charge in [0, 0.05) is 19.2 Å².